The Morgan fingerprint density at radius 2 is 2.05 bits per heavy atom. The van der Waals surface area contributed by atoms with Crippen molar-refractivity contribution in [3.05, 3.63) is 54.4 Å². The number of anilines is 1. The van der Waals surface area contributed by atoms with Crippen LogP contribution in [0, 0.1) is 0 Å². The van der Waals surface area contributed by atoms with Crippen LogP contribution in [0.5, 0.6) is 0 Å². The van der Waals surface area contributed by atoms with E-state index in [0.717, 1.165) is 5.56 Å². The van der Waals surface area contributed by atoms with Crippen molar-refractivity contribution in [1.82, 2.24) is 15.4 Å². The molecule has 0 aliphatic heterocycles. The number of aromatic amines is 1. The lowest BCUT2D eigenvalue weighted by atomic mass is 10.1. The molecule has 0 aliphatic rings. The van der Waals surface area contributed by atoms with Gasteiger partial charge in [0.2, 0.25) is 5.76 Å². The average molecular weight is 254 g/mol. The number of rotatable bonds is 3. The number of amides is 1. The Morgan fingerprint density at radius 3 is 2.79 bits per heavy atom. The molecule has 0 bridgehead atoms. The molecule has 94 valence electrons. The minimum atomic E-state index is -0.376. The highest BCUT2D eigenvalue weighted by molar-refractivity contribution is 6.02. The predicted octanol–water partition coefficient (Wildman–Crippen LogP) is 2.32. The van der Waals surface area contributed by atoms with E-state index in [1.54, 1.807) is 18.3 Å². The summed E-state index contributed by atoms with van der Waals surface area (Å²) in [4.78, 5) is 11.9. The Labute approximate surface area is 108 Å². The lowest BCUT2D eigenvalue weighted by Gasteiger charge is -1.96. The zero-order valence-corrected chi connectivity index (χ0v) is 9.83. The van der Waals surface area contributed by atoms with Crippen LogP contribution in [0.15, 0.2) is 53.2 Å². The molecule has 2 N–H and O–H groups in total. The summed E-state index contributed by atoms with van der Waals surface area (Å²) in [5.41, 5.74) is 1.52. The summed E-state index contributed by atoms with van der Waals surface area (Å²) in [6.07, 6.45) is 1.55. The number of H-pyrrole nitrogens is 1. The van der Waals surface area contributed by atoms with E-state index < -0.39 is 0 Å². The van der Waals surface area contributed by atoms with Crippen LogP contribution in [-0.4, -0.2) is 21.3 Å². The van der Waals surface area contributed by atoms with Gasteiger partial charge in [0.25, 0.3) is 5.91 Å². The Kier molecular flexibility index (Phi) is 2.82. The van der Waals surface area contributed by atoms with Crippen LogP contribution < -0.4 is 5.32 Å². The summed E-state index contributed by atoms with van der Waals surface area (Å²) in [5, 5.41) is 12.9. The SMILES string of the molecule is O=C(Nc1ccn[nH]1)c1cc(-c2ccccc2)no1. The number of carbonyl (C=O) groups is 1. The van der Waals surface area contributed by atoms with Gasteiger partial charge in [0, 0.05) is 17.7 Å². The third-order valence-electron chi connectivity index (χ3n) is 2.55. The predicted molar refractivity (Wildman–Crippen MR) is 68.5 cm³/mol. The van der Waals surface area contributed by atoms with Crippen molar-refractivity contribution in [3.63, 3.8) is 0 Å². The van der Waals surface area contributed by atoms with Crippen LogP contribution >= 0.6 is 0 Å². The van der Waals surface area contributed by atoms with Crippen molar-refractivity contribution in [3.8, 4) is 11.3 Å². The molecule has 19 heavy (non-hydrogen) atoms. The van der Waals surface area contributed by atoms with Gasteiger partial charge in [-0.05, 0) is 0 Å². The fourth-order valence-electron chi connectivity index (χ4n) is 1.64. The standard InChI is InChI=1S/C13H10N4O2/c18-13(15-12-6-7-14-16-12)11-8-10(17-19-11)9-4-2-1-3-5-9/h1-8H,(H2,14,15,16,18). The molecule has 1 amide bonds. The normalized spacial score (nSPS) is 10.3. The van der Waals surface area contributed by atoms with Gasteiger partial charge in [-0.15, -0.1) is 0 Å². The van der Waals surface area contributed by atoms with Crippen molar-refractivity contribution < 1.29 is 9.32 Å². The molecule has 3 aromatic rings. The van der Waals surface area contributed by atoms with Crippen molar-refractivity contribution in [2.45, 2.75) is 0 Å². The second-order valence-electron chi connectivity index (χ2n) is 3.87. The molecular formula is C13H10N4O2. The molecular weight excluding hydrogens is 244 g/mol. The Balaban J connectivity index is 1.80. The van der Waals surface area contributed by atoms with Gasteiger partial charge >= 0.3 is 0 Å². The molecule has 6 heteroatoms. The molecule has 0 aliphatic carbocycles. The molecule has 0 saturated heterocycles. The van der Waals surface area contributed by atoms with Crippen LogP contribution in [0.3, 0.4) is 0 Å². The first-order chi connectivity index (χ1) is 9.33. The molecule has 2 heterocycles. The van der Waals surface area contributed by atoms with Crippen molar-refractivity contribution >= 4 is 11.7 Å². The zero-order valence-electron chi connectivity index (χ0n) is 9.83. The molecule has 0 unspecified atom stereocenters. The number of hydrogen-bond donors (Lipinski definition) is 2. The third-order valence-corrected chi connectivity index (χ3v) is 2.55. The van der Waals surface area contributed by atoms with Gasteiger partial charge in [-0.3, -0.25) is 9.89 Å². The van der Waals surface area contributed by atoms with E-state index >= 15 is 0 Å². The maximum absolute atomic E-state index is 11.9. The number of carbonyl (C=O) groups excluding carboxylic acids is 1. The van der Waals surface area contributed by atoms with Gasteiger partial charge in [-0.1, -0.05) is 35.5 Å². The van der Waals surface area contributed by atoms with Crippen LogP contribution in [0.1, 0.15) is 10.6 Å². The van der Waals surface area contributed by atoms with Gasteiger partial charge in [-0.2, -0.15) is 5.10 Å². The fourth-order valence-corrected chi connectivity index (χ4v) is 1.64. The molecule has 3 rings (SSSR count). The molecule has 6 nitrogen and oxygen atoms in total. The maximum atomic E-state index is 11.9. The van der Waals surface area contributed by atoms with Crippen LogP contribution in [0.4, 0.5) is 5.82 Å². The van der Waals surface area contributed by atoms with Crippen molar-refractivity contribution in [1.29, 1.82) is 0 Å². The Morgan fingerprint density at radius 1 is 1.21 bits per heavy atom. The summed E-state index contributed by atoms with van der Waals surface area (Å²) >= 11 is 0. The highest BCUT2D eigenvalue weighted by Crippen LogP contribution is 2.18. The highest BCUT2D eigenvalue weighted by atomic mass is 16.5. The second-order valence-corrected chi connectivity index (χ2v) is 3.87. The topological polar surface area (TPSA) is 83.8 Å². The maximum Gasteiger partial charge on any atom is 0.295 e. The van der Waals surface area contributed by atoms with Gasteiger partial charge in [0.05, 0.1) is 6.20 Å². The first-order valence-electron chi connectivity index (χ1n) is 5.66. The number of hydrogen-bond acceptors (Lipinski definition) is 4. The molecule has 0 fully saturated rings. The van der Waals surface area contributed by atoms with E-state index in [1.807, 2.05) is 30.3 Å². The minimum absolute atomic E-state index is 0.147. The third kappa shape index (κ3) is 2.37. The molecule has 0 atom stereocenters. The second kappa shape index (κ2) is 4.77. The number of aromatic nitrogens is 3. The lowest BCUT2D eigenvalue weighted by Crippen LogP contribution is -2.11. The minimum Gasteiger partial charge on any atom is -0.350 e. The largest absolute Gasteiger partial charge is 0.350 e. The Hall–Kier alpha value is -2.89. The van der Waals surface area contributed by atoms with Crippen molar-refractivity contribution in [2.24, 2.45) is 0 Å². The first-order valence-corrected chi connectivity index (χ1v) is 5.66. The van der Waals surface area contributed by atoms with E-state index in [0.29, 0.717) is 11.5 Å². The van der Waals surface area contributed by atoms with E-state index in [4.69, 9.17) is 4.52 Å². The summed E-state index contributed by atoms with van der Waals surface area (Å²) in [5.74, 6) is 0.273. The average Bonchev–Trinajstić information content (AvgIpc) is 3.10. The first kappa shape index (κ1) is 11.2. The number of nitrogens with zero attached hydrogens (tertiary/aromatic N) is 2. The Bertz CT molecular complexity index is 674. The summed E-state index contributed by atoms with van der Waals surface area (Å²) < 4.78 is 5.03. The molecule has 0 spiro atoms. The zero-order chi connectivity index (χ0) is 13.1. The van der Waals surface area contributed by atoms with Crippen LogP contribution in [0.2, 0.25) is 0 Å². The van der Waals surface area contributed by atoms with Crippen LogP contribution in [-0.2, 0) is 0 Å². The monoisotopic (exact) mass is 254 g/mol. The van der Waals surface area contributed by atoms with Gasteiger partial charge in [0.15, 0.2) is 0 Å². The lowest BCUT2D eigenvalue weighted by molar-refractivity contribution is 0.0987. The van der Waals surface area contributed by atoms with E-state index in [-0.39, 0.29) is 11.7 Å². The summed E-state index contributed by atoms with van der Waals surface area (Å²) in [6.45, 7) is 0. The number of benzene rings is 1. The molecule has 1 aromatic carbocycles. The van der Waals surface area contributed by atoms with Crippen LogP contribution in [0.25, 0.3) is 11.3 Å². The van der Waals surface area contributed by atoms with E-state index in [1.165, 1.54) is 0 Å². The van der Waals surface area contributed by atoms with Crippen molar-refractivity contribution in [2.75, 3.05) is 5.32 Å². The fraction of sp³-hybridized carbons (Fsp3) is 0. The van der Waals surface area contributed by atoms with E-state index in [2.05, 4.69) is 20.7 Å². The van der Waals surface area contributed by atoms with Gasteiger partial charge in [0.1, 0.15) is 11.5 Å². The molecule has 0 saturated carbocycles. The summed E-state index contributed by atoms with van der Waals surface area (Å²) in [7, 11) is 0. The van der Waals surface area contributed by atoms with Gasteiger partial charge in [-0.25, -0.2) is 0 Å². The molecule has 0 radical (unpaired) electrons. The molecule has 2 aromatic heterocycles. The van der Waals surface area contributed by atoms with Gasteiger partial charge < -0.3 is 9.84 Å². The van der Waals surface area contributed by atoms with E-state index in [9.17, 15) is 4.79 Å². The smallest absolute Gasteiger partial charge is 0.295 e. The quantitative estimate of drug-likeness (QED) is 0.751. The number of nitrogens with one attached hydrogen (secondary N) is 2. The highest BCUT2D eigenvalue weighted by Gasteiger charge is 2.14. The summed E-state index contributed by atoms with van der Waals surface area (Å²) in [6, 6.07) is 12.7.